The van der Waals surface area contributed by atoms with Crippen LogP contribution in [0.15, 0.2) is 80.6 Å². The van der Waals surface area contributed by atoms with Gasteiger partial charge in [0, 0.05) is 17.8 Å². The summed E-state index contributed by atoms with van der Waals surface area (Å²) in [5.74, 6) is 0.785. The van der Waals surface area contributed by atoms with Crippen molar-refractivity contribution in [2.24, 2.45) is 10.1 Å². The van der Waals surface area contributed by atoms with Gasteiger partial charge in [0.2, 0.25) is 4.80 Å². The number of rotatable bonds is 3. The summed E-state index contributed by atoms with van der Waals surface area (Å²) in [7, 11) is 1.77. The molecule has 0 atom stereocenters. The van der Waals surface area contributed by atoms with Gasteiger partial charge in [-0.2, -0.15) is 5.10 Å². The number of benzene rings is 2. The van der Waals surface area contributed by atoms with Gasteiger partial charge in [-0.25, -0.2) is 4.68 Å². The highest BCUT2D eigenvalue weighted by Crippen LogP contribution is 2.28. The van der Waals surface area contributed by atoms with Crippen molar-refractivity contribution in [1.82, 2.24) is 4.68 Å². The van der Waals surface area contributed by atoms with Gasteiger partial charge in [0.25, 0.3) is 0 Å². The number of hydrogen-bond donors (Lipinski definition) is 0. The molecule has 5 heteroatoms. The van der Waals surface area contributed by atoms with Gasteiger partial charge < -0.3 is 4.42 Å². The molecule has 0 aliphatic carbocycles. The lowest BCUT2D eigenvalue weighted by molar-refractivity contribution is 0.622. The van der Waals surface area contributed by atoms with Crippen LogP contribution in [0.3, 0.4) is 0 Å². The standard InChI is InChI=1S/C19H15N3OS/c1-20-19-22(21-12-14-7-3-2-4-8-14)16(13-24-19)18-11-15-9-5-6-10-17(15)23-18/h2-13H,1H3. The van der Waals surface area contributed by atoms with Crippen LogP contribution in [0.1, 0.15) is 5.56 Å². The SMILES string of the molecule is CN=c1scc(-c2cc3ccccc3o2)n1N=Cc1ccccc1. The fourth-order valence-electron chi connectivity index (χ4n) is 2.50. The second kappa shape index (κ2) is 6.29. The topological polar surface area (TPSA) is 42.8 Å². The minimum Gasteiger partial charge on any atom is -0.454 e. The summed E-state index contributed by atoms with van der Waals surface area (Å²) in [5.41, 5.74) is 2.80. The van der Waals surface area contributed by atoms with E-state index in [1.165, 1.54) is 11.3 Å². The largest absolute Gasteiger partial charge is 0.454 e. The van der Waals surface area contributed by atoms with Gasteiger partial charge in [-0.15, -0.1) is 11.3 Å². The number of furan rings is 1. The summed E-state index contributed by atoms with van der Waals surface area (Å²) in [6.07, 6.45) is 1.83. The van der Waals surface area contributed by atoms with Gasteiger partial charge in [0.05, 0.1) is 6.21 Å². The van der Waals surface area contributed by atoms with Crippen LogP contribution in [-0.4, -0.2) is 17.9 Å². The van der Waals surface area contributed by atoms with E-state index in [0.717, 1.165) is 32.8 Å². The molecule has 118 valence electrons. The molecule has 2 heterocycles. The molecule has 24 heavy (non-hydrogen) atoms. The molecule has 0 amide bonds. The van der Waals surface area contributed by atoms with E-state index in [1.54, 1.807) is 7.05 Å². The van der Waals surface area contributed by atoms with Crippen molar-refractivity contribution < 1.29 is 4.42 Å². The molecule has 0 spiro atoms. The minimum absolute atomic E-state index is 0.785. The maximum Gasteiger partial charge on any atom is 0.206 e. The highest BCUT2D eigenvalue weighted by atomic mass is 32.1. The zero-order valence-electron chi connectivity index (χ0n) is 13.1. The molecular formula is C19H15N3OS. The van der Waals surface area contributed by atoms with Crippen molar-refractivity contribution in [2.75, 3.05) is 7.05 Å². The fourth-order valence-corrected chi connectivity index (χ4v) is 3.29. The third-order valence-electron chi connectivity index (χ3n) is 3.68. The molecule has 0 radical (unpaired) electrons. The molecular weight excluding hydrogens is 318 g/mol. The van der Waals surface area contributed by atoms with Crippen LogP contribution in [0.2, 0.25) is 0 Å². The molecule has 4 nitrogen and oxygen atoms in total. The van der Waals surface area contributed by atoms with Crippen LogP contribution in [0, 0.1) is 0 Å². The lowest BCUT2D eigenvalue weighted by atomic mass is 10.2. The summed E-state index contributed by atoms with van der Waals surface area (Å²) in [5, 5.41) is 7.69. The van der Waals surface area contributed by atoms with Gasteiger partial charge in [-0.05, 0) is 17.7 Å². The van der Waals surface area contributed by atoms with E-state index >= 15 is 0 Å². The summed E-state index contributed by atoms with van der Waals surface area (Å²) in [4.78, 5) is 5.13. The Morgan fingerprint density at radius 3 is 2.62 bits per heavy atom. The average Bonchev–Trinajstić information content (AvgIpc) is 3.24. The van der Waals surface area contributed by atoms with Crippen LogP contribution in [0.5, 0.6) is 0 Å². The molecule has 0 aliphatic rings. The zero-order chi connectivity index (χ0) is 16.4. The summed E-state index contributed by atoms with van der Waals surface area (Å²) < 4.78 is 7.79. The van der Waals surface area contributed by atoms with Crippen LogP contribution in [-0.2, 0) is 0 Å². The molecule has 2 aromatic carbocycles. The lowest BCUT2D eigenvalue weighted by Crippen LogP contribution is -2.11. The zero-order valence-corrected chi connectivity index (χ0v) is 13.9. The number of nitrogens with zero attached hydrogens (tertiary/aromatic N) is 3. The van der Waals surface area contributed by atoms with Gasteiger partial charge in [0.1, 0.15) is 11.3 Å². The Balaban J connectivity index is 1.82. The lowest BCUT2D eigenvalue weighted by Gasteiger charge is -1.99. The molecule has 0 aliphatic heterocycles. The Kier molecular flexibility index (Phi) is 3.84. The predicted molar refractivity (Wildman–Crippen MR) is 98.4 cm³/mol. The second-order valence-corrected chi connectivity index (χ2v) is 6.08. The van der Waals surface area contributed by atoms with Crippen molar-refractivity contribution in [3.63, 3.8) is 0 Å². The first-order valence-electron chi connectivity index (χ1n) is 7.57. The molecule has 4 aromatic rings. The van der Waals surface area contributed by atoms with Crippen molar-refractivity contribution >= 4 is 28.5 Å². The van der Waals surface area contributed by atoms with E-state index in [9.17, 15) is 0 Å². The number of thiazole rings is 1. The van der Waals surface area contributed by atoms with Crippen LogP contribution in [0.25, 0.3) is 22.4 Å². The van der Waals surface area contributed by atoms with Gasteiger partial charge in [-0.3, -0.25) is 4.99 Å². The molecule has 0 saturated heterocycles. The summed E-state index contributed by atoms with van der Waals surface area (Å²) >= 11 is 1.54. The average molecular weight is 333 g/mol. The summed E-state index contributed by atoms with van der Waals surface area (Å²) in [6, 6.07) is 20.0. The first kappa shape index (κ1) is 14.7. The highest BCUT2D eigenvalue weighted by molar-refractivity contribution is 7.07. The van der Waals surface area contributed by atoms with Gasteiger partial charge in [0.15, 0.2) is 5.76 Å². The first-order chi connectivity index (χ1) is 11.8. The van der Waals surface area contributed by atoms with Crippen molar-refractivity contribution in [1.29, 1.82) is 0 Å². The van der Waals surface area contributed by atoms with E-state index in [4.69, 9.17) is 4.42 Å². The monoisotopic (exact) mass is 333 g/mol. The van der Waals surface area contributed by atoms with Gasteiger partial charge >= 0.3 is 0 Å². The Labute approximate surface area is 143 Å². The van der Waals surface area contributed by atoms with Crippen molar-refractivity contribution in [2.45, 2.75) is 0 Å². The quantitative estimate of drug-likeness (QED) is 0.513. The molecule has 2 aromatic heterocycles. The first-order valence-corrected chi connectivity index (χ1v) is 8.45. The molecule has 0 saturated carbocycles. The highest BCUT2D eigenvalue weighted by Gasteiger charge is 2.12. The molecule has 0 fully saturated rings. The third-order valence-corrected chi connectivity index (χ3v) is 4.58. The normalized spacial score (nSPS) is 12.5. The van der Waals surface area contributed by atoms with Crippen LogP contribution >= 0.6 is 11.3 Å². The van der Waals surface area contributed by atoms with Crippen LogP contribution < -0.4 is 4.80 Å². The number of fused-ring (bicyclic) bond motifs is 1. The predicted octanol–water partition coefficient (Wildman–Crippen LogP) is 4.38. The minimum atomic E-state index is 0.785. The van der Waals surface area contributed by atoms with E-state index in [1.807, 2.05) is 76.9 Å². The Hall–Kier alpha value is -2.92. The van der Waals surface area contributed by atoms with E-state index in [-0.39, 0.29) is 0 Å². The number of para-hydroxylation sites is 1. The Morgan fingerprint density at radius 2 is 1.83 bits per heavy atom. The maximum absolute atomic E-state index is 5.97. The second-order valence-electron chi connectivity index (χ2n) is 5.24. The van der Waals surface area contributed by atoms with Crippen LogP contribution in [0.4, 0.5) is 0 Å². The van der Waals surface area contributed by atoms with Crippen molar-refractivity contribution in [3.8, 4) is 11.5 Å². The number of hydrogen-bond acceptors (Lipinski definition) is 4. The fraction of sp³-hybridized carbons (Fsp3) is 0.0526. The Bertz CT molecular complexity index is 1040. The molecule has 4 rings (SSSR count). The smallest absolute Gasteiger partial charge is 0.206 e. The van der Waals surface area contributed by atoms with E-state index in [0.29, 0.717) is 0 Å². The Morgan fingerprint density at radius 1 is 1.04 bits per heavy atom. The summed E-state index contributed by atoms with van der Waals surface area (Å²) in [6.45, 7) is 0. The number of aromatic nitrogens is 1. The third kappa shape index (κ3) is 2.70. The van der Waals surface area contributed by atoms with E-state index in [2.05, 4.69) is 10.1 Å². The van der Waals surface area contributed by atoms with Crippen molar-refractivity contribution in [3.05, 3.63) is 76.4 Å². The molecule has 0 N–H and O–H groups in total. The maximum atomic E-state index is 5.97. The van der Waals surface area contributed by atoms with Gasteiger partial charge in [-0.1, -0.05) is 48.5 Å². The van der Waals surface area contributed by atoms with E-state index < -0.39 is 0 Å². The molecule has 0 bridgehead atoms. The molecule has 0 unspecified atom stereocenters.